The van der Waals surface area contributed by atoms with Gasteiger partial charge >= 0.3 is 5.97 Å². The number of nitrogens with one attached hydrogen (secondary N) is 1. The van der Waals surface area contributed by atoms with E-state index in [-0.39, 0.29) is 0 Å². The summed E-state index contributed by atoms with van der Waals surface area (Å²) in [5.74, 6) is -1.49. The molecule has 108 valence electrons. The zero-order valence-electron chi connectivity index (χ0n) is 11.4. The quantitative estimate of drug-likeness (QED) is 0.833. The first-order chi connectivity index (χ1) is 10.1. The lowest BCUT2D eigenvalue weighted by Gasteiger charge is -2.15. The minimum atomic E-state index is -1.09. The van der Waals surface area contributed by atoms with Crippen molar-refractivity contribution < 1.29 is 14.7 Å². The number of carbonyl (C=O) groups is 2. The highest BCUT2D eigenvalue weighted by Gasteiger charge is 2.22. The number of hydrogen-bond donors (Lipinski definition) is 2. The molecule has 4 nitrogen and oxygen atoms in total. The van der Waals surface area contributed by atoms with Crippen LogP contribution < -0.4 is 5.32 Å². The van der Waals surface area contributed by atoms with Crippen molar-refractivity contribution in [3.05, 3.63) is 65.7 Å². The molecule has 0 saturated heterocycles. The fourth-order valence-electron chi connectivity index (χ4n) is 1.89. The third-order valence-electron chi connectivity index (χ3n) is 3.01. The van der Waals surface area contributed by atoms with Crippen LogP contribution in [0.2, 0.25) is 0 Å². The molecule has 2 aromatic carbocycles. The maximum atomic E-state index is 12.2. The van der Waals surface area contributed by atoms with Gasteiger partial charge < -0.3 is 10.4 Å². The Morgan fingerprint density at radius 1 is 1.05 bits per heavy atom. The lowest BCUT2D eigenvalue weighted by molar-refractivity contribution is -0.139. The van der Waals surface area contributed by atoms with E-state index in [1.54, 1.807) is 54.2 Å². The number of rotatable bonds is 5. The molecule has 1 amide bonds. The smallest absolute Gasteiger partial charge is 0.330 e. The average Bonchev–Trinajstić information content (AvgIpc) is 2.53. The summed E-state index contributed by atoms with van der Waals surface area (Å²) < 4.78 is 0. The van der Waals surface area contributed by atoms with Gasteiger partial charge in [-0.25, -0.2) is 4.79 Å². The van der Waals surface area contributed by atoms with Gasteiger partial charge in [0.1, 0.15) is 0 Å². The first-order valence-electron chi connectivity index (χ1n) is 6.34. The zero-order valence-corrected chi connectivity index (χ0v) is 12.3. The maximum absolute atomic E-state index is 12.2. The lowest BCUT2D eigenvalue weighted by Crippen LogP contribution is -2.33. The standard InChI is InChI=1S/C16H15NO3S/c1-21-13-9-7-12(8-10-13)15(18)17-14(16(19)20)11-5-3-2-4-6-11/h2-10,14H,1H3,(H,17,18)(H,19,20). The van der Waals surface area contributed by atoms with Crippen molar-refractivity contribution in [3.8, 4) is 0 Å². The summed E-state index contributed by atoms with van der Waals surface area (Å²) in [5.41, 5.74) is 0.981. The Morgan fingerprint density at radius 2 is 1.67 bits per heavy atom. The van der Waals surface area contributed by atoms with Crippen LogP contribution in [0.4, 0.5) is 0 Å². The molecule has 0 aliphatic heterocycles. The monoisotopic (exact) mass is 301 g/mol. The summed E-state index contributed by atoms with van der Waals surface area (Å²) >= 11 is 1.58. The zero-order chi connectivity index (χ0) is 15.2. The summed E-state index contributed by atoms with van der Waals surface area (Å²) in [6.07, 6.45) is 1.95. The van der Waals surface area contributed by atoms with Crippen molar-refractivity contribution in [1.29, 1.82) is 0 Å². The Bertz CT molecular complexity index is 626. The molecule has 21 heavy (non-hydrogen) atoms. The van der Waals surface area contributed by atoms with E-state index in [1.165, 1.54) is 0 Å². The summed E-state index contributed by atoms with van der Waals surface area (Å²) in [6, 6.07) is 14.6. The van der Waals surface area contributed by atoms with Gasteiger partial charge in [0.05, 0.1) is 0 Å². The molecule has 0 saturated carbocycles. The summed E-state index contributed by atoms with van der Waals surface area (Å²) in [5, 5.41) is 11.8. The SMILES string of the molecule is CSc1ccc(C(=O)NC(C(=O)O)c2ccccc2)cc1. The van der Waals surface area contributed by atoms with Gasteiger partial charge in [-0.1, -0.05) is 30.3 Å². The van der Waals surface area contributed by atoms with Crippen LogP contribution in [0.15, 0.2) is 59.5 Å². The van der Waals surface area contributed by atoms with Gasteiger partial charge in [-0.3, -0.25) is 4.79 Å². The Morgan fingerprint density at radius 3 is 2.19 bits per heavy atom. The second-order valence-corrected chi connectivity index (χ2v) is 5.26. The van der Waals surface area contributed by atoms with Crippen LogP contribution in [0.1, 0.15) is 22.0 Å². The Kier molecular flexibility index (Phi) is 5.00. The number of thioether (sulfide) groups is 1. The van der Waals surface area contributed by atoms with Gasteiger partial charge in [-0.05, 0) is 36.1 Å². The average molecular weight is 301 g/mol. The molecule has 1 atom stereocenters. The van der Waals surface area contributed by atoms with E-state index in [4.69, 9.17) is 0 Å². The molecule has 0 fully saturated rings. The van der Waals surface area contributed by atoms with Gasteiger partial charge in [-0.15, -0.1) is 11.8 Å². The van der Waals surface area contributed by atoms with E-state index in [0.717, 1.165) is 4.90 Å². The van der Waals surface area contributed by atoms with Gasteiger partial charge in [0.15, 0.2) is 6.04 Å². The second-order valence-electron chi connectivity index (χ2n) is 4.38. The van der Waals surface area contributed by atoms with Crippen molar-refractivity contribution in [2.24, 2.45) is 0 Å². The van der Waals surface area contributed by atoms with Crippen LogP contribution in [-0.2, 0) is 4.79 Å². The van der Waals surface area contributed by atoms with E-state index in [2.05, 4.69) is 5.32 Å². The van der Waals surface area contributed by atoms with E-state index < -0.39 is 17.9 Å². The molecule has 0 aliphatic carbocycles. The minimum Gasteiger partial charge on any atom is -0.479 e. The van der Waals surface area contributed by atoms with Crippen molar-refractivity contribution in [2.45, 2.75) is 10.9 Å². The van der Waals surface area contributed by atoms with Crippen LogP contribution in [0.5, 0.6) is 0 Å². The van der Waals surface area contributed by atoms with Crippen molar-refractivity contribution in [2.75, 3.05) is 6.26 Å². The molecule has 0 heterocycles. The van der Waals surface area contributed by atoms with Crippen LogP contribution in [0.25, 0.3) is 0 Å². The Labute approximate surface area is 127 Å². The van der Waals surface area contributed by atoms with Gasteiger partial charge in [0, 0.05) is 10.5 Å². The minimum absolute atomic E-state index is 0.404. The van der Waals surface area contributed by atoms with Crippen LogP contribution in [0.3, 0.4) is 0 Å². The predicted molar refractivity (Wildman–Crippen MR) is 82.5 cm³/mol. The normalized spacial score (nSPS) is 11.7. The molecular weight excluding hydrogens is 286 g/mol. The number of hydrogen-bond acceptors (Lipinski definition) is 3. The van der Waals surface area contributed by atoms with E-state index in [0.29, 0.717) is 11.1 Å². The highest BCUT2D eigenvalue weighted by atomic mass is 32.2. The van der Waals surface area contributed by atoms with Crippen LogP contribution in [-0.4, -0.2) is 23.2 Å². The molecule has 0 aromatic heterocycles. The van der Waals surface area contributed by atoms with E-state index in [1.807, 2.05) is 18.4 Å². The van der Waals surface area contributed by atoms with E-state index in [9.17, 15) is 14.7 Å². The topological polar surface area (TPSA) is 66.4 Å². The third kappa shape index (κ3) is 3.86. The molecule has 0 radical (unpaired) electrons. The number of amides is 1. The summed E-state index contributed by atoms with van der Waals surface area (Å²) in [7, 11) is 0. The molecular formula is C16H15NO3S. The van der Waals surface area contributed by atoms with Crippen molar-refractivity contribution >= 4 is 23.6 Å². The van der Waals surface area contributed by atoms with Gasteiger partial charge in [-0.2, -0.15) is 0 Å². The molecule has 1 unspecified atom stereocenters. The Balaban J connectivity index is 2.16. The van der Waals surface area contributed by atoms with E-state index >= 15 is 0 Å². The number of carboxylic acid groups (broad SMARTS) is 1. The molecule has 2 aromatic rings. The van der Waals surface area contributed by atoms with Gasteiger partial charge in [0.2, 0.25) is 0 Å². The van der Waals surface area contributed by atoms with Crippen LogP contribution >= 0.6 is 11.8 Å². The van der Waals surface area contributed by atoms with Gasteiger partial charge in [0.25, 0.3) is 5.91 Å². The predicted octanol–water partition coefficient (Wildman–Crippen LogP) is 2.96. The molecule has 2 N–H and O–H groups in total. The van der Waals surface area contributed by atoms with Crippen LogP contribution in [0, 0.1) is 0 Å². The molecule has 0 spiro atoms. The second kappa shape index (κ2) is 6.95. The summed E-state index contributed by atoms with van der Waals surface area (Å²) in [4.78, 5) is 24.5. The number of carbonyl (C=O) groups excluding carboxylic acids is 1. The molecule has 5 heteroatoms. The van der Waals surface area contributed by atoms with Crippen molar-refractivity contribution in [3.63, 3.8) is 0 Å². The highest BCUT2D eigenvalue weighted by Crippen LogP contribution is 2.17. The number of carboxylic acids is 1. The molecule has 2 rings (SSSR count). The van der Waals surface area contributed by atoms with Crippen molar-refractivity contribution in [1.82, 2.24) is 5.32 Å². The largest absolute Gasteiger partial charge is 0.479 e. The maximum Gasteiger partial charge on any atom is 0.330 e. The fourth-order valence-corrected chi connectivity index (χ4v) is 2.30. The summed E-state index contributed by atoms with van der Waals surface area (Å²) in [6.45, 7) is 0. The number of aliphatic carboxylic acids is 1. The number of benzene rings is 2. The highest BCUT2D eigenvalue weighted by molar-refractivity contribution is 7.98. The fraction of sp³-hybridized carbons (Fsp3) is 0.125. The first kappa shape index (κ1) is 15.1. The first-order valence-corrected chi connectivity index (χ1v) is 7.57. The third-order valence-corrected chi connectivity index (χ3v) is 3.75. The molecule has 0 aliphatic rings. The lowest BCUT2D eigenvalue weighted by atomic mass is 10.1. The Hall–Kier alpha value is -2.27. The molecule has 0 bridgehead atoms.